The Kier molecular flexibility index (Phi) is 5.63. The average Bonchev–Trinajstić information content (AvgIpc) is 2.88. The Morgan fingerprint density at radius 2 is 1.55 bits per heavy atom. The molecule has 3 rings (SSSR count). The van der Waals surface area contributed by atoms with Crippen molar-refractivity contribution in [3.8, 4) is 5.75 Å². The summed E-state index contributed by atoms with van der Waals surface area (Å²) in [5.74, 6) is 0.126. The Labute approximate surface area is 169 Å². The highest BCUT2D eigenvalue weighted by molar-refractivity contribution is 6.47. The number of nitro groups is 1. The molecular weight excluding hydrogens is 377 g/mol. The fraction of sp³-hybridized carbons (Fsp3) is 0.350. The predicted molar refractivity (Wildman–Crippen MR) is 105 cm³/mol. The van der Waals surface area contributed by atoms with Crippen LogP contribution < -0.4 is 4.74 Å². The van der Waals surface area contributed by atoms with Crippen molar-refractivity contribution < 1.29 is 28.5 Å². The number of non-ortho nitro benzene ring substituents is 1. The molecule has 152 valence electrons. The van der Waals surface area contributed by atoms with Gasteiger partial charge in [0.1, 0.15) is 5.75 Å². The van der Waals surface area contributed by atoms with Crippen LogP contribution in [0.4, 0.5) is 10.5 Å². The SMILES string of the molecule is CC1(C)OB(C(OC(=O)Oc2ccc([N+](=O)[O-])cc2)c2ccccc2)OC1(C)C. The Morgan fingerprint density at radius 3 is 2.07 bits per heavy atom. The first-order valence-corrected chi connectivity index (χ1v) is 9.12. The lowest BCUT2D eigenvalue weighted by Crippen LogP contribution is -2.41. The van der Waals surface area contributed by atoms with Gasteiger partial charge in [-0.05, 0) is 45.4 Å². The lowest BCUT2D eigenvalue weighted by atomic mass is 9.76. The van der Waals surface area contributed by atoms with Gasteiger partial charge in [0.25, 0.3) is 5.69 Å². The van der Waals surface area contributed by atoms with Gasteiger partial charge in [-0.2, -0.15) is 0 Å². The summed E-state index contributed by atoms with van der Waals surface area (Å²) < 4.78 is 22.8. The zero-order valence-corrected chi connectivity index (χ0v) is 16.7. The van der Waals surface area contributed by atoms with E-state index >= 15 is 0 Å². The molecule has 2 aromatic carbocycles. The highest BCUT2D eigenvalue weighted by atomic mass is 16.7. The number of hydrogen-bond acceptors (Lipinski definition) is 7. The van der Waals surface area contributed by atoms with Crippen LogP contribution >= 0.6 is 0 Å². The summed E-state index contributed by atoms with van der Waals surface area (Å²) in [5, 5.41) is 10.7. The first-order chi connectivity index (χ1) is 13.6. The summed E-state index contributed by atoms with van der Waals surface area (Å²) in [5.41, 5.74) is -0.621. The van der Waals surface area contributed by atoms with Gasteiger partial charge in [0, 0.05) is 12.1 Å². The minimum absolute atomic E-state index is 0.106. The molecule has 2 aromatic rings. The third-order valence-corrected chi connectivity index (χ3v) is 5.12. The first kappa shape index (κ1) is 20.8. The van der Waals surface area contributed by atoms with Crippen LogP contribution in [0.2, 0.25) is 0 Å². The molecule has 0 bridgehead atoms. The van der Waals surface area contributed by atoms with Gasteiger partial charge in [0.15, 0.2) is 6.00 Å². The van der Waals surface area contributed by atoms with Crippen LogP contribution in [0, 0.1) is 10.1 Å². The van der Waals surface area contributed by atoms with Crippen molar-refractivity contribution in [1.82, 2.24) is 0 Å². The van der Waals surface area contributed by atoms with Crippen molar-refractivity contribution in [1.29, 1.82) is 0 Å². The second-order valence-electron chi connectivity index (χ2n) is 7.68. The van der Waals surface area contributed by atoms with Crippen LogP contribution in [0.15, 0.2) is 54.6 Å². The highest BCUT2D eigenvalue weighted by Gasteiger charge is 2.55. The molecule has 0 aromatic heterocycles. The number of nitro benzene ring substituents is 1. The lowest BCUT2D eigenvalue weighted by Gasteiger charge is -2.32. The molecule has 1 unspecified atom stereocenters. The maximum Gasteiger partial charge on any atom is 0.513 e. The summed E-state index contributed by atoms with van der Waals surface area (Å²) in [6, 6.07) is 13.4. The van der Waals surface area contributed by atoms with E-state index in [1.54, 1.807) is 12.1 Å². The van der Waals surface area contributed by atoms with E-state index in [0.717, 1.165) is 0 Å². The standard InChI is InChI=1S/C20H22BNO7/c1-19(2)20(3,4)29-21(28-19)17(14-8-6-5-7-9-14)27-18(23)26-16-12-10-15(11-13-16)22(24)25/h5-13,17H,1-4H3. The molecule has 0 amide bonds. The first-order valence-electron chi connectivity index (χ1n) is 9.12. The van der Waals surface area contributed by atoms with E-state index in [-0.39, 0.29) is 11.4 Å². The van der Waals surface area contributed by atoms with E-state index in [1.165, 1.54) is 24.3 Å². The number of nitrogens with zero attached hydrogens (tertiary/aromatic N) is 1. The van der Waals surface area contributed by atoms with Crippen molar-refractivity contribution >= 4 is 19.0 Å². The van der Waals surface area contributed by atoms with Crippen LogP contribution in [0.1, 0.15) is 39.3 Å². The van der Waals surface area contributed by atoms with E-state index in [4.69, 9.17) is 18.8 Å². The molecule has 9 heteroatoms. The van der Waals surface area contributed by atoms with Gasteiger partial charge in [-0.1, -0.05) is 30.3 Å². The van der Waals surface area contributed by atoms with E-state index < -0.39 is 35.4 Å². The molecule has 1 fully saturated rings. The Hall–Kier alpha value is -2.91. The summed E-state index contributed by atoms with van der Waals surface area (Å²) >= 11 is 0. The third-order valence-electron chi connectivity index (χ3n) is 5.12. The van der Waals surface area contributed by atoms with Crippen LogP contribution in [0.3, 0.4) is 0 Å². The summed E-state index contributed by atoms with van der Waals surface area (Å²) in [6.45, 7) is 7.63. The molecular formula is C20H22BNO7. The number of hydrogen-bond donors (Lipinski definition) is 0. The van der Waals surface area contributed by atoms with E-state index in [0.29, 0.717) is 5.56 Å². The Balaban J connectivity index is 1.77. The molecule has 1 heterocycles. The van der Waals surface area contributed by atoms with Crippen LogP contribution in [-0.2, 0) is 14.0 Å². The van der Waals surface area contributed by atoms with E-state index in [2.05, 4.69) is 0 Å². The van der Waals surface area contributed by atoms with E-state index in [9.17, 15) is 14.9 Å². The molecule has 0 radical (unpaired) electrons. The quantitative estimate of drug-likeness (QED) is 0.240. The highest BCUT2D eigenvalue weighted by Crippen LogP contribution is 2.41. The normalized spacial score (nSPS) is 18.1. The summed E-state index contributed by atoms with van der Waals surface area (Å²) in [4.78, 5) is 22.6. The van der Waals surface area contributed by atoms with Crippen molar-refractivity contribution in [2.45, 2.75) is 44.9 Å². The van der Waals surface area contributed by atoms with Gasteiger partial charge >= 0.3 is 13.3 Å². The molecule has 8 nitrogen and oxygen atoms in total. The van der Waals surface area contributed by atoms with Gasteiger partial charge in [-0.25, -0.2) is 4.79 Å². The molecule has 0 aliphatic carbocycles. The molecule has 1 saturated heterocycles. The van der Waals surface area contributed by atoms with Gasteiger partial charge < -0.3 is 18.8 Å². The van der Waals surface area contributed by atoms with Gasteiger partial charge in [0.2, 0.25) is 0 Å². The summed E-state index contributed by atoms with van der Waals surface area (Å²) in [7, 11) is -0.827. The van der Waals surface area contributed by atoms with Crippen LogP contribution in [-0.4, -0.2) is 29.4 Å². The zero-order valence-electron chi connectivity index (χ0n) is 16.7. The molecule has 0 spiro atoms. The predicted octanol–water partition coefficient (Wildman–Crippen LogP) is 4.48. The van der Waals surface area contributed by atoms with Crippen molar-refractivity contribution in [2.24, 2.45) is 0 Å². The number of carbonyl (C=O) groups excluding carboxylic acids is 1. The Bertz CT molecular complexity index is 867. The second kappa shape index (κ2) is 7.84. The monoisotopic (exact) mass is 399 g/mol. The number of rotatable bonds is 5. The zero-order chi connectivity index (χ0) is 21.2. The smallest absolute Gasteiger partial charge is 0.428 e. The number of ether oxygens (including phenoxy) is 2. The van der Waals surface area contributed by atoms with Gasteiger partial charge in [-0.15, -0.1) is 0 Å². The third kappa shape index (κ3) is 4.57. The maximum atomic E-state index is 12.4. The Morgan fingerprint density at radius 1 is 1.00 bits per heavy atom. The average molecular weight is 399 g/mol. The fourth-order valence-electron chi connectivity index (χ4n) is 2.80. The second-order valence-corrected chi connectivity index (χ2v) is 7.68. The molecule has 0 N–H and O–H groups in total. The van der Waals surface area contributed by atoms with Gasteiger partial charge in [-0.3, -0.25) is 10.1 Å². The largest absolute Gasteiger partial charge is 0.513 e. The lowest BCUT2D eigenvalue weighted by molar-refractivity contribution is -0.384. The number of carbonyl (C=O) groups is 1. The van der Waals surface area contributed by atoms with Crippen LogP contribution in [0.25, 0.3) is 0 Å². The molecule has 1 aliphatic rings. The molecule has 29 heavy (non-hydrogen) atoms. The minimum atomic E-state index is -0.970. The number of benzene rings is 2. The molecule has 1 atom stereocenters. The van der Waals surface area contributed by atoms with Gasteiger partial charge in [0.05, 0.1) is 16.1 Å². The minimum Gasteiger partial charge on any atom is -0.428 e. The fourth-order valence-corrected chi connectivity index (χ4v) is 2.80. The van der Waals surface area contributed by atoms with Crippen LogP contribution in [0.5, 0.6) is 5.75 Å². The van der Waals surface area contributed by atoms with Crippen molar-refractivity contribution in [3.63, 3.8) is 0 Å². The van der Waals surface area contributed by atoms with E-state index in [1.807, 2.05) is 45.9 Å². The summed E-state index contributed by atoms with van der Waals surface area (Å²) in [6.07, 6.45) is -0.970. The van der Waals surface area contributed by atoms with Crippen molar-refractivity contribution in [3.05, 3.63) is 70.3 Å². The molecule has 0 saturated carbocycles. The topological polar surface area (TPSA) is 97.1 Å². The van der Waals surface area contributed by atoms with Crippen molar-refractivity contribution in [2.75, 3.05) is 0 Å². The maximum absolute atomic E-state index is 12.4. The molecule has 1 aliphatic heterocycles.